The van der Waals surface area contributed by atoms with Gasteiger partial charge in [0, 0.05) is 26.2 Å². The molecule has 0 radical (unpaired) electrons. The Labute approximate surface area is 138 Å². The van der Waals surface area contributed by atoms with Crippen LogP contribution in [0.3, 0.4) is 0 Å². The third kappa shape index (κ3) is 2.62. The van der Waals surface area contributed by atoms with Crippen molar-refractivity contribution in [1.82, 2.24) is 25.1 Å². The fraction of sp³-hybridized carbons (Fsp3) is 0.250. The van der Waals surface area contributed by atoms with E-state index in [-0.39, 0.29) is 5.91 Å². The second-order valence-corrected chi connectivity index (χ2v) is 5.52. The molecule has 1 aliphatic rings. The number of furan rings is 1. The Bertz CT molecular complexity index is 806. The molecular formula is C16H16N6O2. The highest BCUT2D eigenvalue weighted by Crippen LogP contribution is 2.18. The van der Waals surface area contributed by atoms with E-state index in [0.29, 0.717) is 37.7 Å². The van der Waals surface area contributed by atoms with Gasteiger partial charge in [-0.3, -0.25) is 4.79 Å². The number of para-hydroxylation sites is 1. The number of carbonyl (C=O) groups excluding carboxylic acids is 1. The van der Waals surface area contributed by atoms with Gasteiger partial charge in [0.15, 0.2) is 0 Å². The number of hydrogen-bond donors (Lipinski definition) is 0. The highest BCUT2D eigenvalue weighted by atomic mass is 16.3. The van der Waals surface area contributed by atoms with Crippen LogP contribution in [-0.4, -0.2) is 57.2 Å². The summed E-state index contributed by atoms with van der Waals surface area (Å²) in [5.74, 6) is 0.683. The molecule has 3 aromatic rings. The molecule has 2 aromatic heterocycles. The molecule has 8 nitrogen and oxygen atoms in total. The Balaban J connectivity index is 1.47. The van der Waals surface area contributed by atoms with Gasteiger partial charge >= 0.3 is 0 Å². The summed E-state index contributed by atoms with van der Waals surface area (Å²) < 4.78 is 6.70. The van der Waals surface area contributed by atoms with E-state index < -0.39 is 0 Å². The normalized spacial score (nSPS) is 14.8. The second kappa shape index (κ2) is 6.15. The summed E-state index contributed by atoms with van der Waals surface area (Å²) in [5, 5.41) is 12.0. The van der Waals surface area contributed by atoms with Crippen LogP contribution >= 0.6 is 0 Å². The van der Waals surface area contributed by atoms with E-state index in [2.05, 4.69) is 20.4 Å². The first-order valence-electron chi connectivity index (χ1n) is 7.73. The van der Waals surface area contributed by atoms with Crippen molar-refractivity contribution >= 4 is 11.9 Å². The molecule has 4 rings (SSSR count). The van der Waals surface area contributed by atoms with E-state index >= 15 is 0 Å². The summed E-state index contributed by atoms with van der Waals surface area (Å²) >= 11 is 0. The van der Waals surface area contributed by atoms with Crippen molar-refractivity contribution in [2.45, 2.75) is 0 Å². The van der Waals surface area contributed by atoms with E-state index in [1.54, 1.807) is 10.7 Å². The molecule has 122 valence electrons. The SMILES string of the molecule is O=C(c1ccoc1)N1CCN(c2nnnn2-c2ccccc2)CC1. The molecule has 1 aliphatic heterocycles. The number of nitrogens with zero attached hydrogens (tertiary/aromatic N) is 6. The van der Waals surface area contributed by atoms with Gasteiger partial charge in [-0.05, 0) is 28.6 Å². The van der Waals surface area contributed by atoms with Crippen LogP contribution in [0.5, 0.6) is 0 Å². The molecule has 1 saturated heterocycles. The van der Waals surface area contributed by atoms with Gasteiger partial charge in [0.25, 0.3) is 5.91 Å². The molecule has 0 bridgehead atoms. The maximum Gasteiger partial charge on any atom is 0.257 e. The zero-order chi connectivity index (χ0) is 16.4. The molecule has 0 aliphatic carbocycles. The van der Waals surface area contributed by atoms with Gasteiger partial charge in [-0.1, -0.05) is 23.3 Å². The molecule has 1 aromatic carbocycles. The van der Waals surface area contributed by atoms with Crippen molar-refractivity contribution in [3.63, 3.8) is 0 Å². The number of amides is 1. The van der Waals surface area contributed by atoms with E-state index in [1.165, 1.54) is 12.5 Å². The predicted octanol–water partition coefficient (Wildman–Crippen LogP) is 1.22. The van der Waals surface area contributed by atoms with Gasteiger partial charge in [0.05, 0.1) is 17.5 Å². The summed E-state index contributed by atoms with van der Waals surface area (Å²) in [4.78, 5) is 16.3. The molecule has 3 heterocycles. The number of rotatable bonds is 3. The number of benzene rings is 1. The highest BCUT2D eigenvalue weighted by molar-refractivity contribution is 5.94. The van der Waals surface area contributed by atoms with Gasteiger partial charge in [-0.15, -0.1) is 0 Å². The Kier molecular flexibility index (Phi) is 3.70. The Morgan fingerprint density at radius 2 is 1.83 bits per heavy atom. The summed E-state index contributed by atoms with van der Waals surface area (Å²) in [6.07, 6.45) is 2.99. The van der Waals surface area contributed by atoms with Crippen LogP contribution in [0.1, 0.15) is 10.4 Å². The average molecular weight is 324 g/mol. The smallest absolute Gasteiger partial charge is 0.257 e. The molecule has 1 amide bonds. The molecule has 0 spiro atoms. The maximum atomic E-state index is 12.3. The van der Waals surface area contributed by atoms with Crippen molar-refractivity contribution in [3.05, 3.63) is 54.5 Å². The summed E-state index contributed by atoms with van der Waals surface area (Å²) in [5.41, 5.74) is 1.49. The Hall–Kier alpha value is -3.16. The summed E-state index contributed by atoms with van der Waals surface area (Å²) in [6.45, 7) is 2.59. The van der Waals surface area contributed by atoms with Crippen LogP contribution in [0.4, 0.5) is 5.95 Å². The summed E-state index contributed by atoms with van der Waals surface area (Å²) in [7, 11) is 0. The molecule has 8 heteroatoms. The maximum absolute atomic E-state index is 12.3. The quantitative estimate of drug-likeness (QED) is 0.720. The number of piperazine rings is 1. The van der Waals surface area contributed by atoms with E-state index in [4.69, 9.17) is 4.42 Å². The fourth-order valence-corrected chi connectivity index (χ4v) is 2.79. The molecule has 0 unspecified atom stereocenters. The number of anilines is 1. The standard InChI is InChI=1S/C16H16N6O2/c23-15(13-6-11-24-12-13)20-7-9-21(10-8-20)16-17-18-19-22(16)14-4-2-1-3-5-14/h1-6,11-12H,7-10H2. The van der Waals surface area contributed by atoms with Crippen LogP contribution in [0, 0.1) is 0 Å². The minimum absolute atomic E-state index is 0.00829. The molecular weight excluding hydrogens is 308 g/mol. The van der Waals surface area contributed by atoms with Crippen molar-refractivity contribution < 1.29 is 9.21 Å². The van der Waals surface area contributed by atoms with Gasteiger partial charge in [0.2, 0.25) is 5.95 Å². The van der Waals surface area contributed by atoms with Crippen molar-refractivity contribution in [2.24, 2.45) is 0 Å². The predicted molar refractivity (Wildman–Crippen MR) is 86.0 cm³/mol. The van der Waals surface area contributed by atoms with Crippen molar-refractivity contribution in [2.75, 3.05) is 31.1 Å². The van der Waals surface area contributed by atoms with Crippen LogP contribution in [0.2, 0.25) is 0 Å². The van der Waals surface area contributed by atoms with E-state index in [0.717, 1.165) is 5.69 Å². The topological polar surface area (TPSA) is 80.3 Å². The first-order valence-corrected chi connectivity index (χ1v) is 7.73. The first kappa shape index (κ1) is 14.4. The molecule has 1 fully saturated rings. The largest absolute Gasteiger partial charge is 0.472 e. The lowest BCUT2D eigenvalue weighted by Gasteiger charge is -2.34. The Morgan fingerprint density at radius 3 is 2.54 bits per heavy atom. The summed E-state index contributed by atoms with van der Waals surface area (Å²) in [6, 6.07) is 11.4. The first-order chi connectivity index (χ1) is 11.8. The molecule has 0 N–H and O–H groups in total. The van der Waals surface area contributed by atoms with Crippen molar-refractivity contribution in [3.8, 4) is 5.69 Å². The molecule has 24 heavy (non-hydrogen) atoms. The third-order valence-corrected chi connectivity index (χ3v) is 4.07. The van der Waals surface area contributed by atoms with Gasteiger partial charge in [-0.2, -0.15) is 4.68 Å². The van der Waals surface area contributed by atoms with Crippen LogP contribution < -0.4 is 4.90 Å². The zero-order valence-corrected chi connectivity index (χ0v) is 12.9. The highest BCUT2D eigenvalue weighted by Gasteiger charge is 2.25. The van der Waals surface area contributed by atoms with Crippen molar-refractivity contribution in [1.29, 1.82) is 0 Å². The van der Waals surface area contributed by atoms with E-state index in [9.17, 15) is 4.79 Å². The van der Waals surface area contributed by atoms with Crippen LogP contribution in [-0.2, 0) is 0 Å². The average Bonchev–Trinajstić information content (AvgIpc) is 3.34. The molecule has 0 atom stereocenters. The fourth-order valence-electron chi connectivity index (χ4n) is 2.79. The minimum Gasteiger partial charge on any atom is -0.472 e. The minimum atomic E-state index is -0.00829. The van der Waals surface area contributed by atoms with E-state index in [1.807, 2.05) is 35.2 Å². The van der Waals surface area contributed by atoms with Gasteiger partial charge in [-0.25, -0.2) is 0 Å². The van der Waals surface area contributed by atoms with Crippen LogP contribution in [0.15, 0.2) is 53.3 Å². The Morgan fingerprint density at radius 1 is 1.04 bits per heavy atom. The second-order valence-electron chi connectivity index (χ2n) is 5.52. The lowest BCUT2D eigenvalue weighted by Crippen LogP contribution is -2.49. The van der Waals surface area contributed by atoms with Gasteiger partial charge in [0.1, 0.15) is 6.26 Å². The number of hydrogen-bond acceptors (Lipinski definition) is 6. The molecule has 0 saturated carbocycles. The number of tetrazole rings is 1. The third-order valence-electron chi connectivity index (χ3n) is 4.07. The van der Waals surface area contributed by atoms with Crippen LogP contribution in [0.25, 0.3) is 5.69 Å². The number of carbonyl (C=O) groups is 1. The monoisotopic (exact) mass is 324 g/mol. The zero-order valence-electron chi connectivity index (χ0n) is 12.9. The van der Waals surface area contributed by atoms with Gasteiger partial charge < -0.3 is 14.2 Å². The number of aromatic nitrogens is 4. The lowest BCUT2D eigenvalue weighted by molar-refractivity contribution is 0.0745. The lowest BCUT2D eigenvalue weighted by atomic mass is 10.2.